The number of nitrogens with zero attached hydrogens (tertiary/aromatic N) is 3. The molecule has 146 valence electrons. The molecule has 0 radical (unpaired) electrons. The van der Waals surface area contributed by atoms with Crippen molar-refractivity contribution in [3.63, 3.8) is 0 Å². The standard InChI is InChI=1S/C21H18FN5O2/c1-12-10-16(12)20(28)26-25-17-7-4-14(11-23-17)19-18(13-2-5-15(22)6-3-13)24-21-27(19)8-9-29-21/h2-9,11-12,16H,10H2,1H3,(H,23,25)(H,26,28). The molecule has 3 aromatic heterocycles. The minimum absolute atomic E-state index is 0.0159. The highest BCUT2D eigenvalue weighted by molar-refractivity contribution is 5.83. The van der Waals surface area contributed by atoms with Gasteiger partial charge in [-0.05, 0) is 48.7 Å². The highest BCUT2D eigenvalue weighted by atomic mass is 19.1. The van der Waals surface area contributed by atoms with Crippen LogP contribution in [0.25, 0.3) is 28.4 Å². The van der Waals surface area contributed by atoms with Gasteiger partial charge in [-0.25, -0.2) is 9.37 Å². The number of pyridine rings is 1. The fourth-order valence-corrected chi connectivity index (χ4v) is 3.38. The quantitative estimate of drug-likeness (QED) is 0.504. The average Bonchev–Trinajstić information content (AvgIpc) is 3.12. The zero-order chi connectivity index (χ0) is 20.0. The molecule has 8 heteroatoms. The molecule has 1 saturated carbocycles. The maximum absolute atomic E-state index is 13.3. The van der Waals surface area contributed by atoms with E-state index in [2.05, 4.69) is 27.7 Å². The lowest BCUT2D eigenvalue weighted by Gasteiger charge is -2.09. The molecule has 2 atom stereocenters. The van der Waals surface area contributed by atoms with Crippen molar-refractivity contribution in [1.82, 2.24) is 19.8 Å². The minimum Gasteiger partial charge on any atom is -0.432 e. The number of fused-ring (bicyclic) bond motifs is 1. The van der Waals surface area contributed by atoms with Gasteiger partial charge in [-0.1, -0.05) is 6.92 Å². The van der Waals surface area contributed by atoms with E-state index in [4.69, 9.17) is 4.42 Å². The Morgan fingerprint density at radius 1 is 1.21 bits per heavy atom. The molecule has 3 heterocycles. The summed E-state index contributed by atoms with van der Waals surface area (Å²) in [5.74, 6) is 1.17. The molecule has 1 fully saturated rings. The van der Waals surface area contributed by atoms with Crippen molar-refractivity contribution in [2.75, 3.05) is 5.43 Å². The molecule has 1 aliphatic rings. The summed E-state index contributed by atoms with van der Waals surface area (Å²) in [6.07, 6.45) is 5.94. The van der Waals surface area contributed by atoms with Crippen LogP contribution in [0.2, 0.25) is 0 Å². The van der Waals surface area contributed by atoms with Gasteiger partial charge in [0, 0.05) is 29.4 Å². The summed E-state index contributed by atoms with van der Waals surface area (Å²) in [6.45, 7) is 2.05. The van der Waals surface area contributed by atoms with Gasteiger partial charge in [0.15, 0.2) is 0 Å². The van der Waals surface area contributed by atoms with Gasteiger partial charge in [-0.3, -0.25) is 20.0 Å². The number of benzene rings is 1. The van der Waals surface area contributed by atoms with Gasteiger partial charge >= 0.3 is 5.84 Å². The molecule has 0 saturated heterocycles. The summed E-state index contributed by atoms with van der Waals surface area (Å²) < 4.78 is 20.6. The Kier molecular flexibility index (Phi) is 4.04. The van der Waals surface area contributed by atoms with Crippen molar-refractivity contribution >= 4 is 17.6 Å². The average molecular weight is 391 g/mol. The Hall–Kier alpha value is -3.68. The van der Waals surface area contributed by atoms with Gasteiger partial charge in [-0.15, -0.1) is 0 Å². The monoisotopic (exact) mass is 391 g/mol. The van der Waals surface area contributed by atoms with Crippen LogP contribution in [0.1, 0.15) is 13.3 Å². The van der Waals surface area contributed by atoms with Crippen LogP contribution >= 0.6 is 0 Å². The van der Waals surface area contributed by atoms with Crippen LogP contribution in [0.4, 0.5) is 10.2 Å². The van der Waals surface area contributed by atoms with E-state index >= 15 is 0 Å². The summed E-state index contributed by atoms with van der Waals surface area (Å²) in [6, 6.07) is 9.81. The molecule has 0 aliphatic heterocycles. The SMILES string of the molecule is CC1CC1C(=O)NNc1ccc(-c2c(-c3ccc(F)cc3)nc3occn23)cn1. The molecule has 1 aromatic carbocycles. The van der Waals surface area contributed by atoms with E-state index in [0.717, 1.165) is 23.2 Å². The summed E-state index contributed by atoms with van der Waals surface area (Å²) >= 11 is 0. The Morgan fingerprint density at radius 2 is 1.97 bits per heavy atom. The lowest BCUT2D eigenvalue weighted by molar-refractivity contribution is -0.122. The number of anilines is 1. The van der Waals surface area contributed by atoms with Crippen LogP contribution in [0.5, 0.6) is 0 Å². The second kappa shape index (κ2) is 6.73. The second-order valence-corrected chi connectivity index (χ2v) is 7.24. The Balaban J connectivity index is 1.44. The van der Waals surface area contributed by atoms with Crippen molar-refractivity contribution in [2.24, 2.45) is 11.8 Å². The number of carbonyl (C=O) groups is 1. The molecule has 5 rings (SSSR count). The summed E-state index contributed by atoms with van der Waals surface area (Å²) in [4.78, 5) is 20.9. The number of halogens is 1. The van der Waals surface area contributed by atoms with Crippen molar-refractivity contribution in [2.45, 2.75) is 13.3 Å². The number of hydrogen-bond acceptors (Lipinski definition) is 5. The topological polar surface area (TPSA) is 84.5 Å². The Morgan fingerprint density at radius 3 is 2.66 bits per heavy atom. The van der Waals surface area contributed by atoms with Gasteiger partial charge < -0.3 is 4.42 Å². The number of hydrogen-bond donors (Lipinski definition) is 2. The molecule has 1 aliphatic carbocycles. The van der Waals surface area contributed by atoms with Crippen molar-refractivity contribution < 1.29 is 13.6 Å². The van der Waals surface area contributed by atoms with Crippen LogP contribution < -0.4 is 10.9 Å². The van der Waals surface area contributed by atoms with Crippen LogP contribution in [-0.2, 0) is 4.79 Å². The fourth-order valence-electron chi connectivity index (χ4n) is 3.38. The van der Waals surface area contributed by atoms with Crippen LogP contribution in [0.3, 0.4) is 0 Å². The molecule has 1 amide bonds. The number of aromatic nitrogens is 3. The highest BCUT2D eigenvalue weighted by Crippen LogP contribution is 2.37. The van der Waals surface area contributed by atoms with Crippen LogP contribution in [0.15, 0.2) is 59.5 Å². The van der Waals surface area contributed by atoms with Gasteiger partial charge in [0.05, 0.1) is 5.69 Å². The summed E-state index contributed by atoms with van der Waals surface area (Å²) in [5.41, 5.74) is 8.58. The lowest BCUT2D eigenvalue weighted by Crippen LogP contribution is -2.31. The molecule has 0 spiro atoms. The first-order chi connectivity index (χ1) is 14.1. The fraction of sp³-hybridized carbons (Fsp3) is 0.190. The van der Waals surface area contributed by atoms with Crippen molar-refractivity contribution in [3.8, 4) is 22.5 Å². The Labute approximate surface area is 165 Å². The third kappa shape index (κ3) is 3.22. The predicted molar refractivity (Wildman–Crippen MR) is 105 cm³/mol. The van der Waals surface area contributed by atoms with Gasteiger partial charge in [0.2, 0.25) is 5.91 Å². The van der Waals surface area contributed by atoms with E-state index in [1.807, 2.05) is 10.5 Å². The van der Waals surface area contributed by atoms with E-state index in [1.54, 1.807) is 36.9 Å². The molecular weight excluding hydrogens is 373 g/mol. The molecule has 2 unspecified atom stereocenters. The first-order valence-corrected chi connectivity index (χ1v) is 9.34. The normalized spacial score (nSPS) is 18.0. The molecule has 29 heavy (non-hydrogen) atoms. The third-order valence-corrected chi connectivity index (χ3v) is 5.18. The van der Waals surface area contributed by atoms with E-state index < -0.39 is 0 Å². The minimum atomic E-state index is -0.307. The first kappa shape index (κ1) is 17.4. The summed E-state index contributed by atoms with van der Waals surface area (Å²) in [7, 11) is 0. The number of rotatable bonds is 5. The smallest absolute Gasteiger partial charge is 0.306 e. The van der Waals surface area contributed by atoms with Crippen LogP contribution in [-0.4, -0.2) is 20.3 Å². The van der Waals surface area contributed by atoms with Gasteiger partial charge in [-0.2, -0.15) is 4.98 Å². The first-order valence-electron chi connectivity index (χ1n) is 9.34. The van der Waals surface area contributed by atoms with E-state index in [-0.39, 0.29) is 17.6 Å². The zero-order valence-corrected chi connectivity index (χ0v) is 15.6. The predicted octanol–water partition coefficient (Wildman–Crippen LogP) is 3.89. The van der Waals surface area contributed by atoms with E-state index in [1.165, 1.54) is 12.1 Å². The van der Waals surface area contributed by atoms with Gasteiger partial charge in [0.25, 0.3) is 0 Å². The number of nitrogens with one attached hydrogen (secondary N) is 2. The maximum Gasteiger partial charge on any atom is 0.306 e. The largest absolute Gasteiger partial charge is 0.432 e. The molecule has 4 aromatic rings. The van der Waals surface area contributed by atoms with Crippen LogP contribution in [0, 0.1) is 17.7 Å². The number of amides is 1. The summed E-state index contributed by atoms with van der Waals surface area (Å²) in [5, 5.41) is 0. The molecule has 2 N–H and O–H groups in total. The highest BCUT2D eigenvalue weighted by Gasteiger charge is 2.39. The molecule has 7 nitrogen and oxygen atoms in total. The van der Waals surface area contributed by atoms with Crippen molar-refractivity contribution in [3.05, 3.63) is 60.9 Å². The molecule has 0 bridgehead atoms. The van der Waals surface area contributed by atoms with Crippen molar-refractivity contribution in [1.29, 1.82) is 0 Å². The number of hydrazine groups is 1. The van der Waals surface area contributed by atoms with Gasteiger partial charge in [0.1, 0.15) is 23.6 Å². The van der Waals surface area contributed by atoms with E-state index in [0.29, 0.717) is 23.3 Å². The maximum atomic E-state index is 13.3. The number of imidazole rings is 1. The number of oxazole rings is 1. The lowest BCUT2D eigenvalue weighted by atomic mass is 10.1. The zero-order valence-electron chi connectivity index (χ0n) is 15.6. The third-order valence-electron chi connectivity index (χ3n) is 5.18. The second-order valence-electron chi connectivity index (χ2n) is 7.24. The molecular formula is C21H18FN5O2. The van der Waals surface area contributed by atoms with E-state index in [9.17, 15) is 9.18 Å². The number of carbonyl (C=O) groups excluding carboxylic acids is 1. The Bertz CT molecular complexity index is 1180.